The second-order valence-electron chi connectivity index (χ2n) is 4.15. The summed E-state index contributed by atoms with van der Waals surface area (Å²) >= 11 is 4.79. The molecule has 9 heteroatoms. The Hall–Kier alpha value is 0.650. The van der Waals surface area contributed by atoms with Crippen molar-refractivity contribution in [3.8, 4) is 0 Å². The Labute approximate surface area is 123 Å². The van der Waals surface area contributed by atoms with Crippen LogP contribution in [0.25, 0.3) is 0 Å². The summed E-state index contributed by atoms with van der Waals surface area (Å²) in [6.45, 7) is 7.37. The van der Waals surface area contributed by atoms with Crippen molar-refractivity contribution in [3.05, 3.63) is 0 Å². The van der Waals surface area contributed by atoms with E-state index in [9.17, 15) is 9.36 Å². The van der Waals surface area contributed by atoms with E-state index in [1.54, 1.807) is 20.8 Å². The Morgan fingerprint density at radius 2 is 2.00 bits per heavy atom. The van der Waals surface area contributed by atoms with Crippen molar-refractivity contribution >= 4 is 41.7 Å². The fraction of sp³-hybridized carbons (Fsp3) is 0.900. The van der Waals surface area contributed by atoms with Gasteiger partial charge in [-0.05, 0) is 12.8 Å². The average molecular weight is 347 g/mol. The summed E-state index contributed by atoms with van der Waals surface area (Å²) < 4.78 is 27.8. The van der Waals surface area contributed by atoms with Gasteiger partial charge in [-0.25, -0.2) is 23.8 Å². The molecule has 0 saturated carbocycles. The maximum absolute atomic E-state index is 12.4. The van der Waals surface area contributed by atoms with Crippen LogP contribution in [0.4, 0.5) is 0 Å². The summed E-state index contributed by atoms with van der Waals surface area (Å²) in [6, 6.07) is 0. The Morgan fingerprint density at radius 3 is 2.37 bits per heavy atom. The molecule has 0 aliphatic carbocycles. The molecule has 0 heterocycles. The number of rotatable bonds is 10. The quantitative estimate of drug-likeness (QED) is 0.444. The average Bonchev–Trinajstić information content (AvgIpc) is 2.31. The number of hydrogen-bond acceptors (Lipinski definition) is 7. The Balaban J connectivity index is 4.96. The van der Waals surface area contributed by atoms with Crippen LogP contribution in [0.2, 0.25) is 0 Å². The van der Waals surface area contributed by atoms with Gasteiger partial charge in [0.15, 0.2) is 5.78 Å². The number of ketones is 1. The highest BCUT2D eigenvalue weighted by atomic mass is 32.9. The molecule has 19 heavy (non-hydrogen) atoms. The molecule has 0 saturated heterocycles. The Bertz CT molecular complexity index is 401. The summed E-state index contributed by atoms with van der Waals surface area (Å²) in [7, 11) is -1.95. The summed E-state index contributed by atoms with van der Waals surface area (Å²) in [6.07, 6.45) is 0.235. The Morgan fingerprint density at radius 1 is 1.42 bits per heavy atom. The van der Waals surface area contributed by atoms with Gasteiger partial charge in [0, 0.05) is 5.92 Å². The smallest absolute Gasteiger partial charge is 0.383 e. The third-order valence-corrected chi connectivity index (χ3v) is 5.63. The van der Waals surface area contributed by atoms with Gasteiger partial charge in [-0.15, -0.1) is 0 Å². The van der Waals surface area contributed by atoms with Gasteiger partial charge in [0.1, 0.15) is 6.10 Å². The molecule has 0 spiro atoms. The van der Waals surface area contributed by atoms with Crippen LogP contribution < -0.4 is 0 Å². The van der Waals surface area contributed by atoms with Gasteiger partial charge in [-0.1, -0.05) is 27.7 Å². The number of phosphoric ester groups is 1. The summed E-state index contributed by atoms with van der Waals surface area (Å²) in [5.41, 5.74) is 0. The van der Waals surface area contributed by atoms with Crippen LogP contribution >= 0.6 is 15.8 Å². The number of hydrogen-bond donors (Lipinski definition) is 0. The molecule has 5 nitrogen and oxygen atoms in total. The van der Waals surface area contributed by atoms with E-state index in [-0.39, 0.29) is 18.3 Å². The van der Waals surface area contributed by atoms with Gasteiger partial charge in [0.05, 0.1) is 6.61 Å². The molecule has 114 valence electrons. The van der Waals surface area contributed by atoms with E-state index in [0.717, 1.165) is 0 Å². The lowest BCUT2D eigenvalue weighted by Crippen LogP contribution is -2.27. The lowest BCUT2D eigenvalue weighted by Gasteiger charge is -2.25. The van der Waals surface area contributed by atoms with Crippen LogP contribution in [0.5, 0.6) is 0 Å². The number of carbonyl (C=O) groups is 1. The molecule has 0 aliphatic rings. The Kier molecular flexibility index (Phi) is 9.89. The third kappa shape index (κ3) is 7.86. The predicted molar refractivity (Wildman–Crippen MR) is 83.0 cm³/mol. The minimum absolute atomic E-state index is 0.135. The highest BCUT2D eigenvalue weighted by Gasteiger charge is 2.31. The molecule has 2 atom stereocenters. The molecule has 0 fully saturated rings. The van der Waals surface area contributed by atoms with Crippen LogP contribution in [0.1, 0.15) is 40.5 Å². The van der Waals surface area contributed by atoms with Gasteiger partial charge >= 0.3 is 7.82 Å². The minimum Gasteiger partial charge on any atom is -0.383 e. The molecule has 0 rings (SSSR count). The van der Waals surface area contributed by atoms with Crippen molar-refractivity contribution in [3.63, 3.8) is 0 Å². The SMILES string of the molecule is CCCOP(=O)(OC(CC)C(=O)C(C)C)O[S-](=P)=S. The van der Waals surface area contributed by atoms with Crippen molar-refractivity contribution in [1.29, 1.82) is 0 Å². The zero-order valence-electron chi connectivity index (χ0n) is 11.6. The maximum Gasteiger partial charge on any atom is 0.456 e. The number of phosphoric acid groups is 1. The van der Waals surface area contributed by atoms with E-state index in [2.05, 4.69) is 8.02 Å². The predicted octanol–water partition coefficient (Wildman–Crippen LogP) is 3.61. The lowest BCUT2D eigenvalue weighted by molar-refractivity contribution is -0.129. The summed E-state index contributed by atoms with van der Waals surface area (Å²) in [5.74, 6) is -0.348. The lowest BCUT2D eigenvalue weighted by atomic mass is 10.0. The van der Waals surface area contributed by atoms with Gasteiger partial charge in [-0.3, -0.25) is 22.8 Å². The molecule has 0 amide bonds. The van der Waals surface area contributed by atoms with E-state index in [1.165, 1.54) is 0 Å². The van der Waals surface area contributed by atoms with E-state index >= 15 is 0 Å². The van der Waals surface area contributed by atoms with Crippen molar-refractivity contribution < 1.29 is 22.4 Å². The first-order chi connectivity index (χ1) is 8.75. The molecule has 0 aromatic heterocycles. The minimum atomic E-state index is -3.82. The summed E-state index contributed by atoms with van der Waals surface area (Å²) in [5, 5.41) is 0. The highest BCUT2D eigenvalue weighted by molar-refractivity contribution is 8.37. The van der Waals surface area contributed by atoms with E-state index in [0.29, 0.717) is 12.8 Å². The molecule has 0 bridgehead atoms. The fourth-order valence-electron chi connectivity index (χ4n) is 1.21. The summed E-state index contributed by atoms with van der Waals surface area (Å²) in [4.78, 5) is 11.9. The number of carbonyl (C=O) groups excluding carboxylic acids is 1. The highest BCUT2D eigenvalue weighted by Crippen LogP contribution is 2.51. The zero-order chi connectivity index (χ0) is 15.1. The van der Waals surface area contributed by atoms with Crippen molar-refractivity contribution in [2.45, 2.75) is 46.6 Å². The van der Waals surface area contributed by atoms with Crippen LogP contribution in [-0.2, 0) is 42.5 Å². The standard InChI is InChI=1S/C10H21O5P2S2/c1-5-7-13-17(12,15-19(16)18)14-9(6-2)10(11)8(3)4/h8-9,16H,5-7H2,1-4H3/q-1. The van der Waals surface area contributed by atoms with Crippen molar-refractivity contribution in [2.24, 2.45) is 5.92 Å². The molecular formula is C10H21O5P2S2-. The van der Waals surface area contributed by atoms with Gasteiger partial charge in [0.25, 0.3) is 0 Å². The first-order valence-corrected chi connectivity index (χ1v) is 10.8. The second-order valence-corrected chi connectivity index (χ2v) is 9.49. The first kappa shape index (κ1) is 19.7. The van der Waals surface area contributed by atoms with E-state index < -0.39 is 22.8 Å². The monoisotopic (exact) mass is 347 g/mol. The van der Waals surface area contributed by atoms with Crippen molar-refractivity contribution in [1.82, 2.24) is 0 Å². The first-order valence-electron chi connectivity index (χ1n) is 6.05. The van der Waals surface area contributed by atoms with Crippen LogP contribution in [0.15, 0.2) is 0 Å². The molecule has 0 aromatic carbocycles. The fourth-order valence-corrected chi connectivity index (χ4v) is 4.71. The normalized spacial score (nSPS) is 16.5. The van der Waals surface area contributed by atoms with E-state index in [4.69, 9.17) is 24.2 Å². The zero-order valence-corrected chi connectivity index (χ0v) is 15.1. The largest absolute Gasteiger partial charge is 0.456 e. The molecule has 0 aliphatic heterocycles. The molecule has 0 aromatic rings. The van der Waals surface area contributed by atoms with Gasteiger partial charge < -0.3 is 3.97 Å². The van der Waals surface area contributed by atoms with Crippen LogP contribution in [0, 0.1) is 5.92 Å². The van der Waals surface area contributed by atoms with Crippen molar-refractivity contribution in [2.75, 3.05) is 6.61 Å². The maximum atomic E-state index is 12.4. The van der Waals surface area contributed by atoms with Gasteiger partial charge in [-0.2, -0.15) is 0 Å². The second kappa shape index (κ2) is 9.56. The molecular weight excluding hydrogens is 326 g/mol. The third-order valence-electron chi connectivity index (χ3n) is 2.13. The molecule has 2 unspecified atom stereocenters. The topological polar surface area (TPSA) is 61.8 Å². The van der Waals surface area contributed by atoms with Crippen LogP contribution in [-0.4, -0.2) is 18.5 Å². The molecule has 0 N–H and O–H groups in total. The van der Waals surface area contributed by atoms with Crippen LogP contribution in [0.3, 0.4) is 0 Å². The van der Waals surface area contributed by atoms with E-state index in [1.807, 2.05) is 6.92 Å². The van der Waals surface area contributed by atoms with Gasteiger partial charge in [0.2, 0.25) is 0 Å². The molecule has 0 radical (unpaired) electrons. The number of Topliss-reactive ketones (excluding diaryl/α,β-unsaturated/α-hetero) is 1.